The van der Waals surface area contributed by atoms with Crippen LogP contribution in [0.2, 0.25) is 0 Å². The number of nitrogens with zero attached hydrogens (tertiary/aromatic N) is 1. The largest absolute Gasteiger partial charge is 0.408 e. The Labute approximate surface area is 105 Å². The summed E-state index contributed by atoms with van der Waals surface area (Å²) >= 11 is 0. The molecular formula is C14H13NO3. The summed E-state index contributed by atoms with van der Waals surface area (Å²) in [6.07, 6.45) is 1.65. The molecule has 0 amide bonds. The third-order valence-electron chi connectivity index (χ3n) is 2.45. The molecule has 0 aliphatic carbocycles. The minimum Gasteiger partial charge on any atom is -0.408 e. The molecule has 0 saturated carbocycles. The summed E-state index contributed by atoms with van der Waals surface area (Å²) in [6, 6.07) is 11.0. The van der Waals surface area contributed by atoms with Gasteiger partial charge in [0.25, 0.3) is 0 Å². The number of carbonyl (C=O) groups is 1. The second kappa shape index (κ2) is 5.42. The molecule has 92 valence electrons. The predicted molar refractivity (Wildman–Crippen MR) is 66.9 cm³/mol. The van der Waals surface area contributed by atoms with Crippen LogP contribution in [0, 0.1) is 0 Å². The van der Waals surface area contributed by atoms with Gasteiger partial charge in [-0.05, 0) is 17.2 Å². The highest BCUT2D eigenvalue weighted by atomic mass is 16.5. The lowest BCUT2D eigenvalue weighted by Crippen LogP contribution is -2.02. The van der Waals surface area contributed by atoms with Crippen LogP contribution in [0.4, 0.5) is 0 Å². The van der Waals surface area contributed by atoms with Gasteiger partial charge in [0, 0.05) is 24.8 Å². The van der Waals surface area contributed by atoms with Crippen molar-refractivity contribution in [1.29, 1.82) is 0 Å². The minimum absolute atomic E-state index is 0.0317. The molecule has 1 aromatic carbocycles. The summed E-state index contributed by atoms with van der Waals surface area (Å²) in [5.41, 5.74) is 2.78. The summed E-state index contributed by atoms with van der Waals surface area (Å²) in [6.45, 7) is 1.37. The van der Waals surface area contributed by atoms with E-state index >= 15 is 0 Å². The summed E-state index contributed by atoms with van der Waals surface area (Å²) < 4.78 is 4.86. The maximum absolute atomic E-state index is 10.8. The molecule has 0 radical (unpaired) electrons. The van der Waals surface area contributed by atoms with Gasteiger partial charge in [-0.3, -0.25) is 4.79 Å². The van der Waals surface area contributed by atoms with Gasteiger partial charge in [0.1, 0.15) is 0 Å². The van der Waals surface area contributed by atoms with Crippen LogP contribution in [0.25, 0.3) is 11.1 Å². The first kappa shape index (κ1) is 12.3. The van der Waals surface area contributed by atoms with E-state index in [1.54, 1.807) is 12.3 Å². The van der Waals surface area contributed by atoms with Gasteiger partial charge in [0.15, 0.2) is 0 Å². The molecule has 0 aliphatic rings. The third-order valence-corrected chi connectivity index (χ3v) is 2.45. The summed E-state index contributed by atoms with van der Waals surface area (Å²) in [5.74, 6) is -0.0965. The van der Waals surface area contributed by atoms with Crippen molar-refractivity contribution in [2.24, 2.45) is 0 Å². The molecule has 0 atom stereocenters. The number of hydrogen-bond acceptors (Lipinski definition) is 4. The molecule has 4 heteroatoms. The molecular weight excluding hydrogens is 230 g/mol. The third kappa shape index (κ3) is 2.93. The van der Waals surface area contributed by atoms with E-state index < -0.39 is 0 Å². The van der Waals surface area contributed by atoms with Gasteiger partial charge in [-0.2, -0.15) is 0 Å². The molecule has 2 rings (SSSR count). The Hall–Kier alpha value is -2.20. The van der Waals surface area contributed by atoms with Crippen LogP contribution in [0.5, 0.6) is 5.88 Å². The van der Waals surface area contributed by atoms with Crippen molar-refractivity contribution in [2.75, 3.05) is 0 Å². The fourth-order valence-corrected chi connectivity index (χ4v) is 1.56. The Morgan fingerprint density at radius 1 is 1.17 bits per heavy atom. The van der Waals surface area contributed by atoms with E-state index in [2.05, 4.69) is 4.98 Å². The number of benzene rings is 1. The molecule has 1 aromatic heterocycles. The second-order valence-corrected chi connectivity index (χ2v) is 3.83. The monoisotopic (exact) mass is 243 g/mol. The minimum atomic E-state index is -0.387. The number of carbonyl (C=O) groups excluding carboxylic acids is 1. The standard InChI is InChI=1S/C14H13NO3/c1-10(17)18-14-7-6-13(8-15-14)12-4-2-11(9-16)3-5-12/h2-8,16H,9H2,1H3. The van der Waals surface area contributed by atoms with Gasteiger partial charge in [0.05, 0.1) is 6.61 Å². The van der Waals surface area contributed by atoms with E-state index in [0.717, 1.165) is 16.7 Å². The summed E-state index contributed by atoms with van der Waals surface area (Å²) in [7, 11) is 0. The Morgan fingerprint density at radius 3 is 2.33 bits per heavy atom. The maximum atomic E-state index is 10.8. The summed E-state index contributed by atoms with van der Waals surface area (Å²) in [5, 5.41) is 8.96. The van der Waals surface area contributed by atoms with Gasteiger partial charge in [0.2, 0.25) is 5.88 Å². The van der Waals surface area contributed by atoms with Crippen molar-refractivity contribution in [3.05, 3.63) is 48.2 Å². The van der Waals surface area contributed by atoms with Gasteiger partial charge < -0.3 is 9.84 Å². The van der Waals surface area contributed by atoms with Crippen LogP contribution >= 0.6 is 0 Å². The Balaban J connectivity index is 2.20. The topological polar surface area (TPSA) is 59.4 Å². The van der Waals surface area contributed by atoms with Crippen molar-refractivity contribution in [3.8, 4) is 17.0 Å². The van der Waals surface area contributed by atoms with Crippen molar-refractivity contribution in [3.63, 3.8) is 0 Å². The van der Waals surface area contributed by atoms with Crippen LogP contribution in [-0.4, -0.2) is 16.1 Å². The molecule has 1 N–H and O–H groups in total. The zero-order valence-electron chi connectivity index (χ0n) is 9.96. The van der Waals surface area contributed by atoms with E-state index in [4.69, 9.17) is 9.84 Å². The average molecular weight is 243 g/mol. The van der Waals surface area contributed by atoms with Crippen LogP contribution in [-0.2, 0) is 11.4 Å². The van der Waals surface area contributed by atoms with E-state index in [9.17, 15) is 4.79 Å². The van der Waals surface area contributed by atoms with Gasteiger partial charge in [-0.25, -0.2) is 4.98 Å². The van der Waals surface area contributed by atoms with Gasteiger partial charge in [-0.1, -0.05) is 24.3 Å². The SMILES string of the molecule is CC(=O)Oc1ccc(-c2ccc(CO)cc2)cn1. The highest BCUT2D eigenvalue weighted by Gasteiger charge is 2.02. The molecule has 18 heavy (non-hydrogen) atoms. The molecule has 4 nitrogen and oxygen atoms in total. The normalized spacial score (nSPS) is 10.1. The molecule has 0 spiro atoms. The number of aliphatic hydroxyl groups is 1. The average Bonchev–Trinajstić information content (AvgIpc) is 2.39. The van der Waals surface area contributed by atoms with Crippen LogP contribution < -0.4 is 4.74 Å². The Morgan fingerprint density at radius 2 is 1.83 bits per heavy atom. The zero-order chi connectivity index (χ0) is 13.0. The van der Waals surface area contributed by atoms with Crippen molar-refractivity contribution >= 4 is 5.97 Å². The smallest absolute Gasteiger partial charge is 0.309 e. The molecule has 0 aliphatic heterocycles. The quantitative estimate of drug-likeness (QED) is 0.839. The highest BCUT2D eigenvalue weighted by Crippen LogP contribution is 2.20. The van der Waals surface area contributed by atoms with Crippen molar-refractivity contribution < 1.29 is 14.6 Å². The fraction of sp³-hybridized carbons (Fsp3) is 0.143. The van der Waals surface area contributed by atoms with Crippen molar-refractivity contribution in [1.82, 2.24) is 4.98 Å². The number of pyridine rings is 1. The van der Waals surface area contributed by atoms with E-state index in [1.807, 2.05) is 30.3 Å². The van der Waals surface area contributed by atoms with Crippen molar-refractivity contribution in [2.45, 2.75) is 13.5 Å². The highest BCUT2D eigenvalue weighted by molar-refractivity contribution is 5.69. The van der Waals surface area contributed by atoms with E-state index in [-0.39, 0.29) is 12.6 Å². The first-order valence-corrected chi connectivity index (χ1v) is 5.53. The number of hydrogen-bond donors (Lipinski definition) is 1. The van der Waals surface area contributed by atoms with Crippen LogP contribution in [0.3, 0.4) is 0 Å². The van der Waals surface area contributed by atoms with Gasteiger partial charge in [-0.15, -0.1) is 0 Å². The first-order valence-electron chi connectivity index (χ1n) is 5.53. The molecule has 0 fully saturated rings. The number of aliphatic hydroxyl groups excluding tert-OH is 1. The molecule has 0 saturated heterocycles. The lowest BCUT2D eigenvalue weighted by molar-refractivity contribution is -0.132. The number of ether oxygens (including phenoxy) is 1. The maximum Gasteiger partial charge on any atom is 0.309 e. The van der Waals surface area contributed by atoms with Gasteiger partial charge >= 0.3 is 5.97 Å². The lowest BCUT2D eigenvalue weighted by atomic mass is 10.1. The number of rotatable bonds is 3. The molecule has 0 unspecified atom stereocenters. The second-order valence-electron chi connectivity index (χ2n) is 3.83. The lowest BCUT2D eigenvalue weighted by Gasteiger charge is -2.04. The first-order chi connectivity index (χ1) is 8.69. The summed E-state index contributed by atoms with van der Waals surface area (Å²) in [4.78, 5) is 14.8. The Bertz CT molecular complexity index is 532. The van der Waals surface area contributed by atoms with E-state index in [1.165, 1.54) is 6.92 Å². The molecule has 1 heterocycles. The number of esters is 1. The molecule has 2 aromatic rings. The fourth-order valence-electron chi connectivity index (χ4n) is 1.56. The van der Waals surface area contributed by atoms with Crippen LogP contribution in [0.1, 0.15) is 12.5 Å². The van der Waals surface area contributed by atoms with Crippen LogP contribution in [0.15, 0.2) is 42.6 Å². The molecule has 0 bridgehead atoms. The predicted octanol–water partition coefficient (Wildman–Crippen LogP) is 2.17. The number of aromatic nitrogens is 1. The Kier molecular flexibility index (Phi) is 3.69. The van der Waals surface area contributed by atoms with E-state index in [0.29, 0.717) is 5.88 Å². The zero-order valence-corrected chi connectivity index (χ0v) is 9.96.